The average Bonchev–Trinajstić information content (AvgIpc) is 2.96. The third-order valence-electron chi connectivity index (χ3n) is 6.05. The topological polar surface area (TPSA) is 162 Å². The summed E-state index contributed by atoms with van der Waals surface area (Å²) in [5, 5.41) is 0. The van der Waals surface area contributed by atoms with Gasteiger partial charge in [-0.25, -0.2) is 14.4 Å². The highest BCUT2D eigenvalue weighted by Gasteiger charge is 2.30. The standard InChI is InChI=1S/C29H54O15/c1-11-27(7,8)43-40-24(31)37-18-15-34-21-29(13-3,20-33-14-17-36-23(30)39-42-26(4,5)6)22-35-16-19-38-25(32)41-44-28(9,10)12-2/h11-22H2,1-10H3. The third-order valence-corrected chi connectivity index (χ3v) is 6.05. The van der Waals surface area contributed by atoms with Crippen molar-refractivity contribution in [1.29, 1.82) is 0 Å². The highest BCUT2D eigenvalue weighted by atomic mass is 17.2. The molecule has 0 unspecified atom stereocenters. The van der Waals surface area contributed by atoms with Crippen molar-refractivity contribution in [2.45, 2.75) is 105 Å². The van der Waals surface area contributed by atoms with Crippen LogP contribution >= 0.6 is 0 Å². The van der Waals surface area contributed by atoms with Gasteiger partial charge in [0.05, 0.1) is 39.6 Å². The summed E-state index contributed by atoms with van der Waals surface area (Å²) in [5.41, 5.74) is -2.58. The highest BCUT2D eigenvalue weighted by molar-refractivity contribution is 5.59. The molecule has 0 bridgehead atoms. The second kappa shape index (κ2) is 21.3. The molecule has 0 aromatic carbocycles. The van der Waals surface area contributed by atoms with Crippen LogP contribution in [0.15, 0.2) is 0 Å². The van der Waals surface area contributed by atoms with Gasteiger partial charge in [-0.15, -0.1) is 0 Å². The van der Waals surface area contributed by atoms with E-state index in [0.29, 0.717) is 19.3 Å². The Balaban J connectivity index is 4.75. The molecular formula is C29H54O15. The summed E-state index contributed by atoms with van der Waals surface area (Å²) in [4.78, 5) is 64.0. The maximum Gasteiger partial charge on any atom is 0.540 e. The van der Waals surface area contributed by atoms with Gasteiger partial charge in [0.15, 0.2) is 0 Å². The Bertz CT molecular complexity index is 765. The van der Waals surface area contributed by atoms with Gasteiger partial charge in [-0.3, -0.25) is 14.7 Å². The molecule has 0 aliphatic rings. The maximum absolute atomic E-state index is 11.7. The van der Waals surface area contributed by atoms with Gasteiger partial charge >= 0.3 is 18.5 Å². The Morgan fingerprint density at radius 2 is 0.773 bits per heavy atom. The summed E-state index contributed by atoms with van der Waals surface area (Å²) in [6.45, 7) is 18.5. The molecule has 260 valence electrons. The second-order valence-electron chi connectivity index (χ2n) is 12.1. The Labute approximate surface area is 261 Å². The van der Waals surface area contributed by atoms with Crippen LogP contribution in [0.1, 0.15) is 88.5 Å². The van der Waals surface area contributed by atoms with E-state index in [1.165, 1.54) is 0 Å². The van der Waals surface area contributed by atoms with E-state index in [-0.39, 0.29) is 59.5 Å². The van der Waals surface area contributed by atoms with E-state index < -0.39 is 40.7 Å². The number of carbonyl (C=O) groups excluding carboxylic acids is 3. The smallest absolute Gasteiger partial charge is 0.430 e. The van der Waals surface area contributed by atoms with Crippen molar-refractivity contribution >= 4 is 18.5 Å². The molecule has 15 nitrogen and oxygen atoms in total. The molecule has 15 heteroatoms. The van der Waals surface area contributed by atoms with E-state index in [0.717, 1.165) is 0 Å². The Kier molecular flexibility index (Phi) is 20.2. The van der Waals surface area contributed by atoms with Gasteiger partial charge in [-0.2, -0.15) is 14.7 Å². The Morgan fingerprint density at radius 1 is 0.455 bits per heavy atom. The summed E-state index contributed by atoms with van der Waals surface area (Å²) >= 11 is 0. The fourth-order valence-corrected chi connectivity index (χ4v) is 2.49. The molecule has 0 spiro atoms. The summed E-state index contributed by atoms with van der Waals surface area (Å²) < 4.78 is 32.2. The first kappa shape index (κ1) is 41.6. The van der Waals surface area contributed by atoms with Crippen LogP contribution in [0, 0.1) is 5.41 Å². The molecule has 0 aliphatic carbocycles. The van der Waals surface area contributed by atoms with Crippen molar-refractivity contribution in [2.24, 2.45) is 5.41 Å². The number of hydrogen-bond donors (Lipinski definition) is 0. The van der Waals surface area contributed by atoms with E-state index in [9.17, 15) is 14.4 Å². The van der Waals surface area contributed by atoms with Gasteiger partial charge in [0, 0.05) is 5.41 Å². The summed E-state index contributed by atoms with van der Waals surface area (Å²) in [7, 11) is 0. The summed E-state index contributed by atoms with van der Waals surface area (Å²) in [6, 6.07) is 0. The predicted octanol–water partition coefficient (Wildman–Crippen LogP) is 5.86. The number of rotatable bonds is 23. The van der Waals surface area contributed by atoms with Crippen molar-refractivity contribution in [3.63, 3.8) is 0 Å². The number of hydrogen-bond acceptors (Lipinski definition) is 15. The molecule has 0 N–H and O–H groups in total. The zero-order valence-corrected chi connectivity index (χ0v) is 28.1. The molecule has 0 saturated carbocycles. The summed E-state index contributed by atoms with van der Waals surface area (Å²) in [5.74, 6) is 0. The SMILES string of the molecule is CCC(COCCOC(=O)OOC(C)(C)C)(COCCOC(=O)OOC(C)(C)CC)COCCOC(=O)OOC(C)(C)CC. The molecule has 0 radical (unpaired) electrons. The van der Waals surface area contributed by atoms with Crippen molar-refractivity contribution in [1.82, 2.24) is 0 Å². The Hall–Kier alpha value is -2.43. The average molecular weight is 643 g/mol. The first-order valence-electron chi connectivity index (χ1n) is 14.8. The van der Waals surface area contributed by atoms with Crippen LogP contribution in [0.5, 0.6) is 0 Å². The van der Waals surface area contributed by atoms with Crippen LogP contribution in [0.2, 0.25) is 0 Å². The normalized spacial score (nSPS) is 12.4. The first-order chi connectivity index (χ1) is 20.5. The quantitative estimate of drug-likeness (QED) is 0.0428. The monoisotopic (exact) mass is 642 g/mol. The van der Waals surface area contributed by atoms with Gasteiger partial charge < -0.3 is 28.4 Å². The van der Waals surface area contributed by atoms with E-state index in [4.69, 9.17) is 43.1 Å². The highest BCUT2D eigenvalue weighted by Crippen LogP contribution is 2.24. The molecule has 0 aliphatic heterocycles. The molecule has 0 aromatic rings. The van der Waals surface area contributed by atoms with Gasteiger partial charge in [0.25, 0.3) is 0 Å². The van der Waals surface area contributed by atoms with Crippen molar-refractivity contribution < 1.29 is 72.1 Å². The molecule has 44 heavy (non-hydrogen) atoms. The number of ether oxygens (including phenoxy) is 6. The zero-order chi connectivity index (χ0) is 33.7. The summed E-state index contributed by atoms with van der Waals surface area (Å²) in [6.07, 6.45) is -1.09. The van der Waals surface area contributed by atoms with Crippen molar-refractivity contribution in [2.75, 3.05) is 59.5 Å². The zero-order valence-electron chi connectivity index (χ0n) is 28.1. The molecule has 0 atom stereocenters. The molecule has 0 aromatic heterocycles. The Morgan fingerprint density at radius 3 is 1.05 bits per heavy atom. The van der Waals surface area contributed by atoms with Gasteiger partial charge in [-0.05, 0) is 67.7 Å². The van der Waals surface area contributed by atoms with Crippen molar-refractivity contribution in [3.8, 4) is 0 Å². The van der Waals surface area contributed by atoms with Gasteiger partial charge in [0.1, 0.15) is 36.6 Å². The number of carbonyl (C=O) groups is 3. The lowest BCUT2D eigenvalue weighted by atomic mass is 9.88. The van der Waals surface area contributed by atoms with Crippen LogP contribution in [-0.4, -0.2) is 94.7 Å². The van der Waals surface area contributed by atoms with E-state index >= 15 is 0 Å². The molecule has 0 heterocycles. The van der Waals surface area contributed by atoms with Crippen LogP contribution in [0.3, 0.4) is 0 Å². The molecule has 0 fully saturated rings. The van der Waals surface area contributed by atoms with Crippen LogP contribution in [0.4, 0.5) is 14.4 Å². The molecular weight excluding hydrogens is 588 g/mol. The largest absolute Gasteiger partial charge is 0.540 e. The lowest BCUT2D eigenvalue weighted by Crippen LogP contribution is -2.38. The van der Waals surface area contributed by atoms with Crippen LogP contribution in [-0.2, 0) is 57.7 Å². The third kappa shape index (κ3) is 22.1. The minimum atomic E-state index is -0.985. The maximum atomic E-state index is 11.7. The van der Waals surface area contributed by atoms with E-state index in [1.807, 2.05) is 20.8 Å². The fourth-order valence-electron chi connectivity index (χ4n) is 2.49. The van der Waals surface area contributed by atoms with Crippen LogP contribution in [0.25, 0.3) is 0 Å². The fraction of sp³-hybridized carbons (Fsp3) is 0.897. The van der Waals surface area contributed by atoms with Gasteiger partial charge in [-0.1, -0.05) is 20.8 Å². The minimum absolute atomic E-state index is 0.0679. The lowest BCUT2D eigenvalue weighted by Gasteiger charge is -2.32. The second-order valence-corrected chi connectivity index (χ2v) is 12.1. The predicted molar refractivity (Wildman–Crippen MR) is 154 cm³/mol. The molecule has 0 amide bonds. The van der Waals surface area contributed by atoms with Crippen LogP contribution < -0.4 is 0 Å². The first-order valence-corrected chi connectivity index (χ1v) is 14.8. The molecule has 0 saturated heterocycles. The minimum Gasteiger partial charge on any atom is -0.430 e. The lowest BCUT2D eigenvalue weighted by molar-refractivity contribution is -0.318. The molecule has 0 rings (SSSR count). The van der Waals surface area contributed by atoms with Gasteiger partial charge in [0.2, 0.25) is 0 Å². The van der Waals surface area contributed by atoms with E-state index in [2.05, 4.69) is 14.7 Å². The van der Waals surface area contributed by atoms with E-state index in [1.54, 1.807) is 48.5 Å². The van der Waals surface area contributed by atoms with Crippen molar-refractivity contribution in [3.05, 3.63) is 0 Å².